The quantitative estimate of drug-likeness (QED) is 0.783. The van der Waals surface area contributed by atoms with Gasteiger partial charge < -0.3 is 10.1 Å². The lowest BCUT2D eigenvalue weighted by Gasteiger charge is -2.10. The summed E-state index contributed by atoms with van der Waals surface area (Å²) < 4.78 is 7.25. The van der Waals surface area contributed by atoms with E-state index in [1.165, 1.54) is 0 Å². The number of carbonyl (C=O) groups excluding carboxylic acids is 1. The number of para-hydroxylation sites is 1. The minimum atomic E-state index is -0.219. The topological polar surface area (TPSA) is 68.5 Å². The van der Waals surface area contributed by atoms with Crippen molar-refractivity contribution in [1.82, 2.24) is 14.6 Å². The fourth-order valence-electron chi connectivity index (χ4n) is 2.66. The summed E-state index contributed by atoms with van der Waals surface area (Å²) in [5.74, 6) is 1.67. The van der Waals surface area contributed by atoms with Gasteiger partial charge in [0, 0.05) is 12.1 Å². The van der Waals surface area contributed by atoms with Gasteiger partial charge in [-0.05, 0) is 44.0 Å². The number of hydrogen-bond donors (Lipinski definition) is 1. The van der Waals surface area contributed by atoms with E-state index >= 15 is 0 Å². The molecule has 0 unspecified atom stereocenters. The third-order valence-electron chi connectivity index (χ3n) is 4.00. The molecule has 1 fully saturated rings. The van der Waals surface area contributed by atoms with Crippen LogP contribution >= 0.6 is 0 Å². The molecule has 4 rings (SSSR count). The zero-order valence-electron chi connectivity index (χ0n) is 13.4. The molecular formula is C18H18N4O2. The molecule has 0 bridgehead atoms. The highest BCUT2D eigenvalue weighted by Gasteiger charge is 2.28. The van der Waals surface area contributed by atoms with Gasteiger partial charge >= 0.3 is 0 Å². The summed E-state index contributed by atoms with van der Waals surface area (Å²) in [4.78, 5) is 17.2. The summed E-state index contributed by atoms with van der Waals surface area (Å²) in [6, 6.07) is 10.9. The summed E-state index contributed by atoms with van der Waals surface area (Å²) in [5.41, 5.74) is 1.82. The second-order valence-electron chi connectivity index (χ2n) is 5.82. The largest absolute Gasteiger partial charge is 0.493 e. The summed E-state index contributed by atoms with van der Waals surface area (Å²) in [6.45, 7) is 2.40. The number of amides is 1. The average molecular weight is 322 g/mol. The maximum atomic E-state index is 12.7. The van der Waals surface area contributed by atoms with Gasteiger partial charge in [0.1, 0.15) is 5.75 Å². The van der Waals surface area contributed by atoms with Crippen molar-refractivity contribution in [3.63, 3.8) is 0 Å². The molecule has 1 aliphatic rings. The standard InChI is InChI=1S/C18H18N4O2/c1-2-24-15-8-4-3-6-13(15)18(23)19-14-7-5-11-22-17(14)20-16(21-22)12-9-10-12/h3-8,11-12H,2,9-10H2,1H3,(H,19,23). The van der Waals surface area contributed by atoms with Gasteiger partial charge in [-0.2, -0.15) is 5.10 Å². The second-order valence-corrected chi connectivity index (χ2v) is 5.82. The van der Waals surface area contributed by atoms with Crippen molar-refractivity contribution in [2.24, 2.45) is 0 Å². The molecule has 3 aromatic rings. The number of nitrogens with one attached hydrogen (secondary N) is 1. The molecule has 0 aliphatic heterocycles. The number of carbonyl (C=O) groups is 1. The lowest BCUT2D eigenvalue weighted by molar-refractivity contribution is 0.102. The monoisotopic (exact) mass is 322 g/mol. The van der Waals surface area contributed by atoms with Gasteiger partial charge in [0.05, 0.1) is 17.9 Å². The Kier molecular flexibility index (Phi) is 3.65. The van der Waals surface area contributed by atoms with Crippen LogP contribution in [0.3, 0.4) is 0 Å². The molecule has 1 aliphatic carbocycles. The van der Waals surface area contributed by atoms with Crippen LogP contribution in [0.5, 0.6) is 5.75 Å². The fraction of sp³-hybridized carbons (Fsp3) is 0.278. The second kappa shape index (κ2) is 5.96. The molecule has 0 radical (unpaired) electrons. The van der Waals surface area contributed by atoms with Gasteiger partial charge in [0.2, 0.25) is 0 Å². The highest BCUT2D eigenvalue weighted by molar-refractivity contribution is 6.07. The summed E-state index contributed by atoms with van der Waals surface area (Å²) in [5, 5.41) is 7.42. The van der Waals surface area contributed by atoms with Crippen molar-refractivity contribution in [3.05, 3.63) is 54.0 Å². The first kappa shape index (κ1) is 14.7. The van der Waals surface area contributed by atoms with Crippen LogP contribution in [0.15, 0.2) is 42.6 Å². The van der Waals surface area contributed by atoms with Crippen LogP contribution in [0, 0.1) is 0 Å². The third-order valence-corrected chi connectivity index (χ3v) is 4.00. The SMILES string of the molecule is CCOc1ccccc1C(=O)Nc1cccn2nc(C3CC3)nc12. The number of benzene rings is 1. The zero-order valence-corrected chi connectivity index (χ0v) is 13.4. The maximum absolute atomic E-state index is 12.7. The van der Waals surface area contributed by atoms with Crippen LogP contribution in [-0.2, 0) is 0 Å². The van der Waals surface area contributed by atoms with Crippen LogP contribution in [0.25, 0.3) is 5.65 Å². The Balaban J connectivity index is 1.65. The summed E-state index contributed by atoms with van der Waals surface area (Å²) in [7, 11) is 0. The van der Waals surface area contributed by atoms with Gasteiger partial charge in [-0.1, -0.05) is 12.1 Å². The van der Waals surface area contributed by atoms with Crippen molar-refractivity contribution in [1.29, 1.82) is 0 Å². The van der Waals surface area contributed by atoms with Crippen LogP contribution < -0.4 is 10.1 Å². The highest BCUT2D eigenvalue weighted by atomic mass is 16.5. The maximum Gasteiger partial charge on any atom is 0.259 e. The Morgan fingerprint density at radius 3 is 2.92 bits per heavy atom. The van der Waals surface area contributed by atoms with E-state index in [4.69, 9.17) is 4.74 Å². The minimum Gasteiger partial charge on any atom is -0.493 e. The van der Waals surface area contributed by atoms with Crippen molar-refractivity contribution >= 4 is 17.2 Å². The van der Waals surface area contributed by atoms with Crippen LogP contribution in [-0.4, -0.2) is 27.1 Å². The molecule has 122 valence electrons. The molecule has 1 amide bonds. The first-order valence-corrected chi connectivity index (χ1v) is 8.14. The number of hydrogen-bond acceptors (Lipinski definition) is 4. The van der Waals surface area contributed by atoms with Gasteiger partial charge in [0.25, 0.3) is 5.91 Å². The van der Waals surface area contributed by atoms with Gasteiger partial charge in [-0.25, -0.2) is 9.50 Å². The molecule has 2 heterocycles. The molecule has 0 atom stereocenters. The molecule has 24 heavy (non-hydrogen) atoms. The highest BCUT2D eigenvalue weighted by Crippen LogP contribution is 2.38. The van der Waals surface area contributed by atoms with Crippen molar-refractivity contribution in [2.45, 2.75) is 25.7 Å². The van der Waals surface area contributed by atoms with Crippen LogP contribution in [0.4, 0.5) is 5.69 Å². The summed E-state index contributed by atoms with van der Waals surface area (Å²) >= 11 is 0. The molecule has 2 aromatic heterocycles. The molecule has 1 aromatic carbocycles. The molecule has 0 spiro atoms. The smallest absolute Gasteiger partial charge is 0.259 e. The van der Waals surface area contributed by atoms with Crippen LogP contribution in [0.1, 0.15) is 41.9 Å². The lowest BCUT2D eigenvalue weighted by atomic mass is 10.2. The Bertz CT molecular complexity index is 899. The Hall–Kier alpha value is -2.89. The van der Waals surface area contributed by atoms with Gasteiger partial charge in [-0.3, -0.25) is 4.79 Å². The van der Waals surface area contributed by atoms with Gasteiger partial charge in [0.15, 0.2) is 11.5 Å². The molecule has 0 saturated heterocycles. The van der Waals surface area contributed by atoms with E-state index in [-0.39, 0.29) is 5.91 Å². The van der Waals surface area contributed by atoms with E-state index in [1.54, 1.807) is 16.6 Å². The molecular weight excluding hydrogens is 304 g/mol. The third kappa shape index (κ3) is 2.71. The van der Waals surface area contributed by atoms with E-state index in [0.717, 1.165) is 18.7 Å². The Morgan fingerprint density at radius 1 is 1.29 bits per heavy atom. The van der Waals surface area contributed by atoms with Crippen molar-refractivity contribution < 1.29 is 9.53 Å². The zero-order chi connectivity index (χ0) is 16.5. The molecule has 1 N–H and O–H groups in total. The van der Waals surface area contributed by atoms with Crippen LogP contribution in [0.2, 0.25) is 0 Å². The first-order valence-electron chi connectivity index (χ1n) is 8.14. The Morgan fingerprint density at radius 2 is 2.12 bits per heavy atom. The van der Waals surface area contributed by atoms with E-state index < -0.39 is 0 Å². The van der Waals surface area contributed by atoms with Gasteiger partial charge in [-0.15, -0.1) is 0 Å². The number of nitrogens with zero attached hydrogens (tertiary/aromatic N) is 3. The van der Waals surface area contributed by atoms with E-state index in [2.05, 4.69) is 15.4 Å². The van der Waals surface area contributed by atoms with E-state index in [9.17, 15) is 4.79 Å². The van der Waals surface area contributed by atoms with E-state index in [1.807, 2.05) is 37.4 Å². The average Bonchev–Trinajstić information content (AvgIpc) is 3.35. The normalized spacial score (nSPS) is 13.9. The fourth-order valence-corrected chi connectivity index (χ4v) is 2.66. The number of fused-ring (bicyclic) bond motifs is 1. The number of pyridine rings is 1. The number of anilines is 1. The van der Waals surface area contributed by atoms with Crippen molar-refractivity contribution in [2.75, 3.05) is 11.9 Å². The number of rotatable bonds is 5. The number of aromatic nitrogens is 3. The van der Waals surface area contributed by atoms with E-state index in [0.29, 0.717) is 35.2 Å². The molecule has 6 heteroatoms. The predicted molar refractivity (Wildman–Crippen MR) is 90.5 cm³/mol. The number of ether oxygens (including phenoxy) is 1. The summed E-state index contributed by atoms with van der Waals surface area (Å²) in [6.07, 6.45) is 4.12. The lowest BCUT2D eigenvalue weighted by Crippen LogP contribution is -2.14. The predicted octanol–water partition coefficient (Wildman–Crippen LogP) is 3.26. The molecule has 1 saturated carbocycles. The van der Waals surface area contributed by atoms with Crippen molar-refractivity contribution in [3.8, 4) is 5.75 Å². The molecule has 6 nitrogen and oxygen atoms in total. The first-order chi connectivity index (χ1) is 11.8. The Labute approximate surface area is 139 Å². The minimum absolute atomic E-state index is 0.219.